The molecule has 7 heteroatoms. The van der Waals surface area contributed by atoms with Gasteiger partial charge in [-0.15, -0.1) is 24.0 Å². The minimum Gasteiger partial charge on any atom is -0.370 e. The van der Waals surface area contributed by atoms with Crippen molar-refractivity contribution in [2.75, 3.05) is 27.2 Å². The van der Waals surface area contributed by atoms with Gasteiger partial charge in [-0.05, 0) is 45.0 Å². The first kappa shape index (κ1) is 20.1. The number of hydrogen-bond acceptors (Lipinski definition) is 2. The maximum Gasteiger partial charge on any atom is 0.188 e. The van der Waals surface area contributed by atoms with Crippen LogP contribution in [0.1, 0.15) is 30.9 Å². The van der Waals surface area contributed by atoms with E-state index in [-0.39, 0.29) is 36.1 Å². The number of nitrogens with one attached hydrogen (secondary N) is 1. The van der Waals surface area contributed by atoms with Crippen LogP contribution in [-0.2, 0) is 0 Å². The molecule has 4 nitrogen and oxygen atoms in total. The number of aliphatic imine (C=N–C) groups is 1. The number of likely N-dealkylation sites (N-methyl/N-ethyl adjacent to an activating group) is 1. The number of benzene rings is 1. The summed E-state index contributed by atoms with van der Waals surface area (Å²) >= 11 is 0. The first-order chi connectivity index (χ1) is 10.5. The molecule has 23 heavy (non-hydrogen) atoms. The SMILES string of the molecule is CN(C)C(CN=C(N)NCC1CCC1)c1c(F)cccc1F.I. The Hall–Kier alpha value is -0.960. The van der Waals surface area contributed by atoms with E-state index in [0.29, 0.717) is 11.9 Å². The molecule has 1 unspecified atom stereocenters. The second kappa shape index (κ2) is 9.36. The average molecular weight is 438 g/mol. The molecular weight excluding hydrogens is 413 g/mol. The van der Waals surface area contributed by atoms with Crippen LogP contribution < -0.4 is 11.1 Å². The summed E-state index contributed by atoms with van der Waals surface area (Å²) < 4.78 is 27.9. The number of rotatable bonds is 6. The molecule has 1 saturated carbocycles. The Balaban J connectivity index is 0.00000264. The van der Waals surface area contributed by atoms with E-state index in [1.807, 2.05) is 0 Å². The van der Waals surface area contributed by atoms with Crippen molar-refractivity contribution in [1.82, 2.24) is 10.2 Å². The minimum absolute atomic E-state index is 0. The van der Waals surface area contributed by atoms with Crippen molar-refractivity contribution in [3.63, 3.8) is 0 Å². The monoisotopic (exact) mass is 438 g/mol. The fourth-order valence-electron chi connectivity index (χ4n) is 2.53. The van der Waals surface area contributed by atoms with E-state index in [1.54, 1.807) is 19.0 Å². The van der Waals surface area contributed by atoms with Crippen LogP contribution in [0.2, 0.25) is 0 Å². The predicted octanol–water partition coefficient (Wildman–Crippen LogP) is 2.89. The standard InChI is InChI=1S/C16H24F2N4.HI/c1-22(2)14(15-12(17)7-4-8-13(15)18)10-21-16(19)20-9-11-5-3-6-11;/h4,7-8,11,14H,3,5-6,9-10H2,1-2H3,(H3,19,20,21);1H. The number of nitrogens with two attached hydrogens (primary N) is 1. The molecule has 1 aliphatic rings. The highest BCUT2D eigenvalue weighted by atomic mass is 127. The molecule has 0 saturated heterocycles. The Morgan fingerprint density at radius 2 is 1.96 bits per heavy atom. The van der Waals surface area contributed by atoms with Crippen LogP contribution in [0.3, 0.4) is 0 Å². The van der Waals surface area contributed by atoms with Gasteiger partial charge in [-0.1, -0.05) is 12.5 Å². The molecule has 3 N–H and O–H groups in total. The zero-order valence-electron chi connectivity index (χ0n) is 13.6. The molecule has 1 atom stereocenters. The molecule has 0 aromatic heterocycles. The van der Waals surface area contributed by atoms with E-state index in [1.165, 1.54) is 37.5 Å². The lowest BCUT2D eigenvalue weighted by Crippen LogP contribution is -2.38. The molecular formula is C16H25F2IN4. The molecule has 0 aliphatic heterocycles. The van der Waals surface area contributed by atoms with Gasteiger partial charge in [-0.2, -0.15) is 0 Å². The Labute approximate surface area is 153 Å². The first-order valence-electron chi connectivity index (χ1n) is 7.63. The third-order valence-corrected chi connectivity index (χ3v) is 4.19. The van der Waals surface area contributed by atoms with Crippen LogP contribution in [0.25, 0.3) is 0 Å². The molecule has 1 fully saturated rings. The summed E-state index contributed by atoms with van der Waals surface area (Å²) in [7, 11) is 3.54. The molecule has 1 aliphatic carbocycles. The van der Waals surface area contributed by atoms with Gasteiger partial charge in [0.25, 0.3) is 0 Å². The molecule has 0 amide bonds. The topological polar surface area (TPSA) is 53.6 Å². The highest BCUT2D eigenvalue weighted by molar-refractivity contribution is 14.0. The van der Waals surface area contributed by atoms with Crippen LogP contribution in [0.15, 0.2) is 23.2 Å². The van der Waals surface area contributed by atoms with Crippen LogP contribution in [0.4, 0.5) is 8.78 Å². The molecule has 0 bridgehead atoms. The minimum atomic E-state index is -0.560. The van der Waals surface area contributed by atoms with Crippen LogP contribution >= 0.6 is 24.0 Å². The van der Waals surface area contributed by atoms with Gasteiger partial charge in [0.2, 0.25) is 0 Å². The van der Waals surface area contributed by atoms with E-state index >= 15 is 0 Å². The van der Waals surface area contributed by atoms with Gasteiger partial charge in [0.05, 0.1) is 12.6 Å². The summed E-state index contributed by atoms with van der Waals surface area (Å²) in [6, 6.07) is 3.39. The Bertz CT molecular complexity index is 513. The van der Waals surface area contributed by atoms with E-state index in [2.05, 4.69) is 10.3 Å². The van der Waals surface area contributed by atoms with Crippen molar-refractivity contribution in [3.8, 4) is 0 Å². The summed E-state index contributed by atoms with van der Waals surface area (Å²) in [6.45, 7) is 1.02. The van der Waals surface area contributed by atoms with Gasteiger partial charge >= 0.3 is 0 Å². The molecule has 0 heterocycles. The fraction of sp³-hybridized carbons (Fsp3) is 0.562. The maximum atomic E-state index is 13.9. The smallest absolute Gasteiger partial charge is 0.188 e. The van der Waals surface area contributed by atoms with E-state index in [9.17, 15) is 8.78 Å². The van der Waals surface area contributed by atoms with Crippen molar-refractivity contribution < 1.29 is 8.78 Å². The summed E-state index contributed by atoms with van der Waals surface area (Å²) in [5.74, 6) is -0.122. The molecule has 2 rings (SSSR count). The van der Waals surface area contributed by atoms with Gasteiger partial charge in [-0.3, -0.25) is 4.99 Å². The molecule has 130 valence electrons. The number of halogens is 3. The Morgan fingerprint density at radius 1 is 1.35 bits per heavy atom. The summed E-state index contributed by atoms with van der Waals surface area (Å²) in [5, 5.41) is 3.08. The number of nitrogens with zero attached hydrogens (tertiary/aromatic N) is 2. The predicted molar refractivity (Wildman–Crippen MR) is 100 cm³/mol. The van der Waals surface area contributed by atoms with Crippen LogP contribution in [0, 0.1) is 17.6 Å². The van der Waals surface area contributed by atoms with Crippen molar-refractivity contribution in [2.24, 2.45) is 16.6 Å². The lowest BCUT2D eigenvalue weighted by Gasteiger charge is -2.26. The van der Waals surface area contributed by atoms with Gasteiger partial charge < -0.3 is 16.0 Å². The highest BCUT2D eigenvalue weighted by Crippen LogP contribution is 2.26. The molecule has 1 aromatic rings. The van der Waals surface area contributed by atoms with Gasteiger partial charge in [0.15, 0.2) is 5.96 Å². The second-order valence-corrected chi connectivity index (χ2v) is 6.02. The summed E-state index contributed by atoms with van der Waals surface area (Å²) in [5.41, 5.74) is 5.87. The van der Waals surface area contributed by atoms with Gasteiger partial charge in [-0.25, -0.2) is 8.78 Å². The largest absolute Gasteiger partial charge is 0.370 e. The maximum absolute atomic E-state index is 13.9. The zero-order valence-corrected chi connectivity index (χ0v) is 15.9. The van der Waals surface area contributed by atoms with Crippen molar-refractivity contribution in [2.45, 2.75) is 25.3 Å². The van der Waals surface area contributed by atoms with E-state index in [0.717, 1.165) is 6.54 Å². The Morgan fingerprint density at radius 3 is 2.43 bits per heavy atom. The molecule has 0 spiro atoms. The van der Waals surface area contributed by atoms with Gasteiger partial charge in [0, 0.05) is 12.1 Å². The van der Waals surface area contributed by atoms with E-state index < -0.39 is 17.7 Å². The lowest BCUT2D eigenvalue weighted by molar-refractivity contribution is 0.289. The third kappa shape index (κ3) is 5.56. The van der Waals surface area contributed by atoms with Gasteiger partial charge in [0.1, 0.15) is 11.6 Å². The zero-order chi connectivity index (χ0) is 16.1. The lowest BCUT2D eigenvalue weighted by atomic mass is 9.85. The number of guanidine groups is 1. The van der Waals surface area contributed by atoms with Crippen molar-refractivity contribution in [3.05, 3.63) is 35.4 Å². The summed E-state index contributed by atoms with van der Waals surface area (Å²) in [6.07, 6.45) is 3.72. The first-order valence-corrected chi connectivity index (χ1v) is 7.63. The van der Waals surface area contributed by atoms with Crippen LogP contribution in [-0.4, -0.2) is 38.0 Å². The van der Waals surface area contributed by atoms with Crippen LogP contribution in [0.5, 0.6) is 0 Å². The Kier molecular flexibility index (Phi) is 8.18. The fourth-order valence-corrected chi connectivity index (χ4v) is 2.53. The second-order valence-electron chi connectivity index (χ2n) is 6.02. The molecule has 1 aromatic carbocycles. The highest BCUT2D eigenvalue weighted by Gasteiger charge is 2.22. The van der Waals surface area contributed by atoms with Crippen molar-refractivity contribution in [1.29, 1.82) is 0 Å². The molecule has 0 radical (unpaired) electrons. The number of hydrogen-bond donors (Lipinski definition) is 2. The summed E-state index contributed by atoms with van der Waals surface area (Å²) in [4.78, 5) is 5.98. The average Bonchev–Trinajstić information content (AvgIpc) is 2.39. The quantitative estimate of drug-likeness (QED) is 0.408. The normalized spacial score (nSPS) is 16.7. The van der Waals surface area contributed by atoms with Crippen molar-refractivity contribution >= 4 is 29.9 Å². The van der Waals surface area contributed by atoms with E-state index in [4.69, 9.17) is 5.73 Å². The third-order valence-electron chi connectivity index (χ3n) is 4.19.